The number of aromatic nitrogens is 4. The van der Waals surface area contributed by atoms with E-state index in [0.29, 0.717) is 18.9 Å². The molecule has 0 bridgehead atoms. The van der Waals surface area contributed by atoms with Crippen LogP contribution in [0.25, 0.3) is 11.4 Å². The van der Waals surface area contributed by atoms with E-state index in [2.05, 4.69) is 20.1 Å². The molecule has 1 saturated heterocycles. The molecule has 8 heteroatoms. The van der Waals surface area contributed by atoms with Crippen molar-refractivity contribution in [2.75, 3.05) is 13.1 Å². The zero-order chi connectivity index (χ0) is 18.6. The molecule has 0 spiro atoms. The summed E-state index contributed by atoms with van der Waals surface area (Å²) in [5.41, 5.74) is 0.288. The van der Waals surface area contributed by atoms with E-state index >= 15 is 0 Å². The molecule has 1 fully saturated rings. The molecule has 0 saturated carbocycles. The molecule has 2 aromatic heterocycles. The molecule has 1 aliphatic rings. The second kappa shape index (κ2) is 7.69. The van der Waals surface area contributed by atoms with Gasteiger partial charge in [0.2, 0.25) is 17.6 Å². The predicted molar refractivity (Wildman–Crippen MR) is 95.2 cm³/mol. The van der Waals surface area contributed by atoms with Gasteiger partial charge in [0.05, 0.1) is 5.56 Å². The fraction of sp³-hybridized carbons (Fsp3) is 0.368. The summed E-state index contributed by atoms with van der Waals surface area (Å²) < 4.78 is 19.0. The van der Waals surface area contributed by atoms with E-state index in [1.807, 2.05) is 4.90 Å². The molecule has 140 valence electrons. The van der Waals surface area contributed by atoms with E-state index in [0.717, 1.165) is 25.2 Å². The van der Waals surface area contributed by atoms with Crippen molar-refractivity contribution in [1.82, 2.24) is 25.0 Å². The average molecular weight is 369 g/mol. The summed E-state index contributed by atoms with van der Waals surface area (Å²) >= 11 is 0. The maximum atomic E-state index is 13.8. The minimum absolute atomic E-state index is 0.0527. The molecule has 27 heavy (non-hydrogen) atoms. The second-order valence-corrected chi connectivity index (χ2v) is 6.64. The van der Waals surface area contributed by atoms with Gasteiger partial charge in [0, 0.05) is 44.2 Å². The van der Waals surface area contributed by atoms with Crippen LogP contribution in [0.3, 0.4) is 0 Å². The number of H-pyrrole nitrogens is 1. The fourth-order valence-electron chi connectivity index (χ4n) is 3.41. The number of amides is 1. The van der Waals surface area contributed by atoms with Crippen LogP contribution in [0.1, 0.15) is 36.9 Å². The van der Waals surface area contributed by atoms with Crippen LogP contribution in [-0.4, -0.2) is 44.0 Å². The van der Waals surface area contributed by atoms with E-state index in [1.165, 1.54) is 6.07 Å². The Hall–Kier alpha value is -3.03. The minimum Gasteiger partial charge on any atom is -0.348 e. The van der Waals surface area contributed by atoms with Gasteiger partial charge in [0.15, 0.2) is 0 Å². The maximum Gasteiger partial charge on any atom is 0.227 e. The maximum absolute atomic E-state index is 13.8. The first kappa shape index (κ1) is 17.4. The molecular formula is C19H20FN5O2. The first-order valence-corrected chi connectivity index (χ1v) is 9.05. The minimum atomic E-state index is -0.404. The highest BCUT2D eigenvalue weighted by Gasteiger charge is 2.26. The lowest BCUT2D eigenvalue weighted by molar-refractivity contribution is -0.132. The van der Waals surface area contributed by atoms with Crippen molar-refractivity contribution in [2.45, 2.75) is 31.6 Å². The summed E-state index contributed by atoms with van der Waals surface area (Å²) in [6.07, 6.45) is 6.13. The van der Waals surface area contributed by atoms with E-state index in [4.69, 9.17) is 4.52 Å². The smallest absolute Gasteiger partial charge is 0.227 e. The molecule has 1 atom stereocenters. The molecule has 1 N–H and O–H groups in total. The van der Waals surface area contributed by atoms with E-state index in [-0.39, 0.29) is 29.6 Å². The highest BCUT2D eigenvalue weighted by molar-refractivity contribution is 5.76. The summed E-state index contributed by atoms with van der Waals surface area (Å²) in [7, 11) is 0. The van der Waals surface area contributed by atoms with Crippen LogP contribution in [-0.2, 0) is 11.2 Å². The normalized spacial score (nSPS) is 17.2. The Morgan fingerprint density at radius 1 is 1.37 bits per heavy atom. The Bertz CT molecular complexity index is 908. The number of carbonyl (C=O) groups is 1. The topological polar surface area (TPSA) is 87.9 Å². The Balaban J connectivity index is 1.35. The van der Waals surface area contributed by atoms with Crippen molar-refractivity contribution in [2.24, 2.45) is 0 Å². The number of aromatic amines is 1. The third-order valence-corrected chi connectivity index (χ3v) is 4.82. The van der Waals surface area contributed by atoms with Crippen molar-refractivity contribution < 1.29 is 13.7 Å². The van der Waals surface area contributed by atoms with Crippen LogP contribution >= 0.6 is 0 Å². The summed E-state index contributed by atoms with van der Waals surface area (Å²) in [6.45, 7) is 1.41. The zero-order valence-electron chi connectivity index (χ0n) is 14.8. The van der Waals surface area contributed by atoms with Gasteiger partial charge in [-0.05, 0) is 25.0 Å². The van der Waals surface area contributed by atoms with Crippen LogP contribution in [0.4, 0.5) is 4.39 Å². The van der Waals surface area contributed by atoms with Crippen molar-refractivity contribution in [3.8, 4) is 11.4 Å². The van der Waals surface area contributed by atoms with Crippen LogP contribution in [0.2, 0.25) is 0 Å². The number of hydrogen-bond donors (Lipinski definition) is 1. The van der Waals surface area contributed by atoms with Crippen LogP contribution in [0, 0.1) is 5.82 Å². The molecule has 0 aliphatic carbocycles. The number of aryl methyl sites for hydroxylation is 1. The Morgan fingerprint density at radius 2 is 2.26 bits per heavy atom. The van der Waals surface area contributed by atoms with Gasteiger partial charge in [-0.1, -0.05) is 17.3 Å². The van der Waals surface area contributed by atoms with Crippen LogP contribution < -0.4 is 0 Å². The quantitative estimate of drug-likeness (QED) is 0.747. The van der Waals surface area contributed by atoms with Gasteiger partial charge in [0.1, 0.15) is 11.6 Å². The third kappa shape index (κ3) is 3.89. The average Bonchev–Trinajstić information content (AvgIpc) is 3.39. The van der Waals surface area contributed by atoms with Crippen molar-refractivity contribution in [3.63, 3.8) is 0 Å². The third-order valence-electron chi connectivity index (χ3n) is 4.82. The van der Waals surface area contributed by atoms with E-state index in [1.54, 1.807) is 30.6 Å². The number of benzene rings is 1. The van der Waals surface area contributed by atoms with Gasteiger partial charge in [-0.15, -0.1) is 0 Å². The molecular weight excluding hydrogens is 349 g/mol. The summed E-state index contributed by atoms with van der Waals surface area (Å²) in [5.74, 6) is 1.36. The number of nitrogens with one attached hydrogen (secondary N) is 1. The summed E-state index contributed by atoms with van der Waals surface area (Å²) in [4.78, 5) is 26.1. The largest absolute Gasteiger partial charge is 0.348 e. The predicted octanol–water partition coefficient (Wildman–Crippen LogP) is 2.94. The van der Waals surface area contributed by atoms with Crippen molar-refractivity contribution in [3.05, 3.63) is 54.2 Å². The Kier molecular flexibility index (Phi) is 4.95. The van der Waals surface area contributed by atoms with E-state index in [9.17, 15) is 9.18 Å². The number of halogens is 1. The first-order valence-electron chi connectivity index (χ1n) is 9.05. The molecule has 4 rings (SSSR count). The van der Waals surface area contributed by atoms with Gasteiger partial charge in [-0.3, -0.25) is 4.79 Å². The van der Waals surface area contributed by atoms with Gasteiger partial charge in [0.25, 0.3) is 0 Å². The summed E-state index contributed by atoms with van der Waals surface area (Å²) in [6, 6.07) is 6.26. The number of piperidine rings is 1. The lowest BCUT2D eigenvalue weighted by Crippen LogP contribution is -2.39. The Morgan fingerprint density at radius 3 is 3.07 bits per heavy atom. The highest BCUT2D eigenvalue weighted by Crippen LogP contribution is 2.25. The molecule has 7 nitrogen and oxygen atoms in total. The number of carbonyl (C=O) groups excluding carboxylic acids is 1. The van der Waals surface area contributed by atoms with E-state index < -0.39 is 5.82 Å². The number of nitrogens with zero attached hydrogens (tertiary/aromatic N) is 4. The highest BCUT2D eigenvalue weighted by atomic mass is 19.1. The molecule has 1 aliphatic heterocycles. The number of hydrogen-bond acceptors (Lipinski definition) is 5. The van der Waals surface area contributed by atoms with Crippen molar-refractivity contribution in [1.29, 1.82) is 0 Å². The van der Waals surface area contributed by atoms with Gasteiger partial charge in [-0.2, -0.15) is 4.98 Å². The standard InChI is InChI=1S/C19H20FN5O2/c20-15-6-2-1-5-14(15)19-23-16(27-24-19)7-8-17(26)25-11-3-4-13(12-25)18-21-9-10-22-18/h1-2,5-6,9-10,13H,3-4,7-8,11-12H2,(H,21,22)/t13-/m0/s1. The van der Waals surface area contributed by atoms with Crippen LogP contribution in [0.15, 0.2) is 41.2 Å². The molecule has 3 aromatic rings. The zero-order valence-corrected chi connectivity index (χ0v) is 14.8. The van der Waals surface area contributed by atoms with Gasteiger partial charge in [-0.25, -0.2) is 9.37 Å². The molecule has 0 unspecified atom stereocenters. The molecule has 1 amide bonds. The van der Waals surface area contributed by atoms with Gasteiger partial charge >= 0.3 is 0 Å². The lowest BCUT2D eigenvalue weighted by atomic mass is 9.97. The van der Waals surface area contributed by atoms with Crippen LogP contribution in [0.5, 0.6) is 0 Å². The molecule has 3 heterocycles. The van der Waals surface area contributed by atoms with Crippen molar-refractivity contribution >= 4 is 5.91 Å². The SMILES string of the molecule is O=C(CCc1nc(-c2ccccc2F)no1)N1CCC[C@H](c2ncc[nH]2)C1. The number of likely N-dealkylation sites (tertiary alicyclic amines) is 1. The monoisotopic (exact) mass is 369 g/mol. The number of imidazole rings is 1. The van der Waals surface area contributed by atoms with Gasteiger partial charge < -0.3 is 14.4 Å². The fourth-order valence-corrected chi connectivity index (χ4v) is 3.41. The molecule has 1 aromatic carbocycles. The number of rotatable bonds is 5. The lowest BCUT2D eigenvalue weighted by Gasteiger charge is -2.31. The first-order chi connectivity index (χ1) is 13.2. The second-order valence-electron chi connectivity index (χ2n) is 6.64. The summed E-state index contributed by atoms with van der Waals surface area (Å²) in [5, 5.41) is 3.82. The Labute approximate surface area is 155 Å². The molecule has 0 radical (unpaired) electrons.